The predicted molar refractivity (Wildman–Crippen MR) is 112 cm³/mol. The molecule has 0 aliphatic heterocycles. The zero-order valence-electron chi connectivity index (χ0n) is 15.9. The molecule has 2 aromatic carbocycles. The van der Waals surface area contributed by atoms with Crippen LogP contribution in [0.25, 0.3) is 0 Å². The molecule has 0 aliphatic carbocycles. The van der Waals surface area contributed by atoms with Crippen molar-refractivity contribution in [3.05, 3.63) is 52.0 Å². The van der Waals surface area contributed by atoms with Crippen molar-refractivity contribution in [2.75, 3.05) is 24.4 Å². The first-order valence-corrected chi connectivity index (χ1v) is 9.39. The highest BCUT2D eigenvalue weighted by atomic mass is 35.5. The second-order valence-electron chi connectivity index (χ2n) is 6.06. The lowest BCUT2D eigenvalue weighted by atomic mass is 10.2. The average molecular weight is 439 g/mol. The summed E-state index contributed by atoms with van der Waals surface area (Å²) < 4.78 is 10.0. The van der Waals surface area contributed by atoms with Gasteiger partial charge in [-0.05, 0) is 42.8 Å². The van der Waals surface area contributed by atoms with E-state index in [1.54, 1.807) is 36.4 Å². The topological polar surface area (TPSA) is 93.7 Å². The zero-order valence-corrected chi connectivity index (χ0v) is 17.4. The SMILES string of the molecule is COc1ccc(Cl)cc1NC(=O)CCC(=O)OCC(=O)Nc1cc(Cl)ccc1C. The summed E-state index contributed by atoms with van der Waals surface area (Å²) in [5, 5.41) is 6.14. The smallest absolute Gasteiger partial charge is 0.306 e. The van der Waals surface area contributed by atoms with Gasteiger partial charge in [-0.1, -0.05) is 29.3 Å². The summed E-state index contributed by atoms with van der Waals surface area (Å²) >= 11 is 11.8. The fraction of sp³-hybridized carbons (Fsp3) is 0.250. The van der Waals surface area contributed by atoms with Gasteiger partial charge in [0, 0.05) is 22.2 Å². The van der Waals surface area contributed by atoms with Crippen molar-refractivity contribution in [3.8, 4) is 5.75 Å². The molecular weight excluding hydrogens is 419 g/mol. The maximum Gasteiger partial charge on any atom is 0.306 e. The first-order chi connectivity index (χ1) is 13.8. The number of aryl methyl sites for hydroxylation is 1. The number of esters is 1. The molecule has 0 unspecified atom stereocenters. The first-order valence-electron chi connectivity index (χ1n) is 8.63. The minimum atomic E-state index is -0.670. The number of hydrogen-bond donors (Lipinski definition) is 2. The molecule has 2 rings (SSSR count). The minimum Gasteiger partial charge on any atom is -0.495 e. The van der Waals surface area contributed by atoms with E-state index in [0.717, 1.165) is 5.56 Å². The Morgan fingerprint density at radius 3 is 2.21 bits per heavy atom. The van der Waals surface area contributed by atoms with Crippen LogP contribution in [0.5, 0.6) is 5.75 Å². The number of carbonyl (C=O) groups is 3. The number of carbonyl (C=O) groups excluding carboxylic acids is 3. The predicted octanol–water partition coefficient (Wildman–Crippen LogP) is 4.21. The van der Waals surface area contributed by atoms with Crippen LogP contribution < -0.4 is 15.4 Å². The molecule has 0 spiro atoms. The van der Waals surface area contributed by atoms with Crippen LogP contribution in [0.2, 0.25) is 10.0 Å². The average Bonchev–Trinajstić information content (AvgIpc) is 2.68. The molecule has 0 radical (unpaired) electrons. The van der Waals surface area contributed by atoms with Crippen molar-refractivity contribution in [1.29, 1.82) is 0 Å². The Balaban J connectivity index is 1.76. The van der Waals surface area contributed by atoms with Crippen LogP contribution in [-0.2, 0) is 19.1 Å². The lowest BCUT2D eigenvalue weighted by molar-refractivity contribution is -0.147. The highest BCUT2D eigenvalue weighted by Crippen LogP contribution is 2.27. The van der Waals surface area contributed by atoms with Gasteiger partial charge in [-0.2, -0.15) is 0 Å². The molecule has 0 saturated heterocycles. The van der Waals surface area contributed by atoms with E-state index < -0.39 is 24.4 Å². The molecule has 2 amide bonds. The molecule has 9 heteroatoms. The number of benzene rings is 2. The monoisotopic (exact) mass is 438 g/mol. The van der Waals surface area contributed by atoms with Crippen molar-refractivity contribution in [3.63, 3.8) is 0 Å². The van der Waals surface area contributed by atoms with E-state index in [9.17, 15) is 14.4 Å². The van der Waals surface area contributed by atoms with Crippen LogP contribution in [0, 0.1) is 6.92 Å². The van der Waals surface area contributed by atoms with Crippen LogP contribution in [0.3, 0.4) is 0 Å². The Hall–Kier alpha value is -2.77. The second-order valence-corrected chi connectivity index (χ2v) is 6.93. The number of methoxy groups -OCH3 is 1. The van der Waals surface area contributed by atoms with Crippen LogP contribution in [0.4, 0.5) is 11.4 Å². The lowest BCUT2D eigenvalue weighted by Gasteiger charge is -2.11. The molecule has 29 heavy (non-hydrogen) atoms. The Bertz CT molecular complexity index is 918. The van der Waals surface area contributed by atoms with E-state index in [1.165, 1.54) is 7.11 Å². The lowest BCUT2D eigenvalue weighted by Crippen LogP contribution is -2.22. The van der Waals surface area contributed by atoms with Crippen LogP contribution in [0.15, 0.2) is 36.4 Å². The largest absolute Gasteiger partial charge is 0.495 e. The van der Waals surface area contributed by atoms with Crippen LogP contribution in [0.1, 0.15) is 18.4 Å². The molecule has 0 saturated carbocycles. The molecule has 7 nitrogen and oxygen atoms in total. The van der Waals surface area contributed by atoms with Gasteiger partial charge < -0.3 is 20.1 Å². The normalized spacial score (nSPS) is 10.2. The molecule has 0 aliphatic rings. The number of nitrogens with one attached hydrogen (secondary N) is 2. The third-order valence-electron chi connectivity index (χ3n) is 3.83. The number of amides is 2. The molecule has 0 atom stereocenters. The molecule has 2 aromatic rings. The van der Waals surface area contributed by atoms with Crippen LogP contribution in [-0.4, -0.2) is 31.5 Å². The van der Waals surface area contributed by atoms with E-state index in [4.69, 9.17) is 32.7 Å². The second kappa shape index (κ2) is 10.7. The van der Waals surface area contributed by atoms with E-state index in [2.05, 4.69) is 10.6 Å². The number of ether oxygens (including phenoxy) is 2. The van der Waals surface area contributed by atoms with Crippen molar-refractivity contribution >= 4 is 52.4 Å². The third-order valence-corrected chi connectivity index (χ3v) is 4.30. The summed E-state index contributed by atoms with van der Waals surface area (Å²) in [6.45, 7) is 1.35. The fourth-order valence-corrected chi connectivity index (χ4v) is 2.68. The Kier molecular flexibility index (Phi) is 8.30. The molecule has 2 N–H and O–H groups in total. The third kappa shape index (κ3) is 7.29. The molecule has 0 heterocycles. The first kappa shape index (κ1) is 22.5. The van der Waals surface area contributed by atoms with E-state index in [0.29, 0.717) is 27.2 Å². The fourth-order valence-electron chi connectivity index (χ4n) is 2.34. The molecule has 0 aromatic heterocycles. The standard InChI is InChI=1S/C20H20Cl2N2O5/c1-12-3-4-13(21)9-15(12)23-19(26)11-29-20(27)8-7-18(25)24-16-10-14(22)5-6-17(16)28-2/h3-6,9-10H,7-8,11H2,1-2H3,(H,23,26)(H,24,25). The van der Waals surface area contributed by atoms with Gasteiger partial charge in [0.25, 0.3) is 5.91 Å². The van der Waals surface area contributed by atoms with E-state index in [1.807, 2.05) is 6.92 Å². The summed E-state index contributed by atoms with van der Waals surface area (Å²) in [7, 11) is 1.46. The van der Waals surface area contributed by atoms with E-state index >= 15 is 0 Å². The maximum absolute atomic E-state index is 12.0. The highest BCUT2D eigenvalue weighted by Gasteiger charge is 2.13. The maximum atomic E-state index is 12.0. The van der Waals surface area contributed by atoms with Crippen molar-refractivity contribution in [2.45, 2.75) is 19.8 Å². The van der Waals surface area contributed by atoms with Crippen molar-refractivity contribution in [2.24, 2.45) is 0 Å². The summed E-state index contributed by atoms with van der Waals surface area (Å²) in [6.07, 6.45) is -0.304. The number of hydrogen-bond acceptors (Lipinski definition) is 5. The van der Waals surface area contributed by atoms with Gasteiger partial charge in [0.05, 0.1) is 19.2 Å². The quantitative estimate of drug-likeness (QED) is 0.601. The van der Waals surface area contributed by atoms with Gasteiger partial charge in [0.1, 0.15) is 5.75 Å². The summed E-state index contributed by atoms with van der Waals surface area (Å²) in [5.74, 6) is -1.15. The molecule has 0 bridgehead atoms. The van der Waals surface area contributed by atoms with Gasteiger partial charge in [0.2, 0.25) is 5.91 Å². The van der Waals surface area contributed by atoms with Gasteiger partial charge >= 0.3 is 5.97 Å². The van der Waals surface area contributed by atoms with Crippen molar-refractivity contribution < 1.29 is 23.9 Å². The van der Waals surface area contributed by atoms with Crippen molar-refractivity contribution in [1.82, 2.24) is 0 Å². The number of rotatable bonds is 8. The Labute approximate surface area is 178 Å². The van der Waals surface area contributed by atoms with Gasteiger partial charge in [-0.15, -0.1) is 0 Å². The van der Waals surface area contributed by atoms with Gasteiger partial charge in [-0.25, -0.2) is 0 Å². The Morgan fingerprint density at radius 1 is 0.897 bits per heavy atom. The summed E-state index contributed by atoms with van der Waals surface area (Å²) in [4.78, 5) is 35.8. The summed E-state index contributed by atoms with van der Waals surface area (Å²) in [6, 6.07) is 9.85. The zero-order chi connectivity index (χ0) is 21.4. The number of anilines is 2. The van der Waals surface area contributed by atoms with E-state index in [-0.39, 0.29) is 12.8 Å². The van der Waals surface area contributed by atoms with Crippen LogP contribution >= 0.6 is 23.2 Å². The Morgan fingerprint density at radius 2 is 1.52 bits per heavy atom. The molecule has 0 fully saturated rings. The van der Waals surface area contributed by atoms with Gasteiger partial charge in [0.15, 0.2) is 6.61 Å². The number of halogens is 2. The highest BCUT2D eigenvalue weighted by molar-refractivity contribution is 6.31. The minimum absolute atomic E-state index is 0.122. The van der Waals surface area contributed by atoms with Gasteiger partial charge in [-0.3, -0.25) is 14.4 Å². The molecule has 154 valence electrons. The molecular formula is C20H20Cl2N2O5. The summed E-state index contributed by atoms with van der Waals surface area (Å²) in [5.41, 5.74) is 1.75.